The summed E-state index contributed by atoms with van der Waals surface area (Å²) in [5.74, 6) is 0.971. The van der Waals surface area contributed by atoms with Gasteiger partial charge < -0.3 is 0 Å². The molecule has 0 unspecified atom stereocenters. The first kappa shape index (κ1) is 14.8. The maximum atomic E-state index is 12.2. The molecule has 0 radical (unpaired) electrons. The molecule has 3 nitrogen and oxygen atoms in total. The Morgan fingerprint density at radius 1 is 1.32 bits per heavy atom. The highest BCUT2D eigenvalue weighted by atomic mass is 79.9. The van der Waals surface area contributed by atoms with E-state index in [0.29, 0.717) is 18.1 Å². The lowest BCUT2D eigenvalue weighted by molar-refractivity contribution is -0.119. The number of ketones is 1. The van der Waals surface area contributed by atoms with Gasteiger partial charge in [-0.25, -0.2) is 0 Å². The molecular formula is C15H23BrN2O. The van der Waals surface area contributed by atoms with Crippen LogP contribution in [-0.2, 0) is 18.3 Å². The average Bonchev–Trinajstić information content (AvgIpc) is 2.60. The first-order chi connectivity index (χ1) is 9.08. The molecule has 1 aromatic rings. The van der Waals surface area contributed by atoms with E-state index >= 15 is 0 Å². The maximum absolute atomic E-state index is 12.2. The third-order valence-electron chi connectivity index (χ3n) is 4.12. The van der Waals surface area contributed by atoms with Crippen LogP contribution in [0.5, 0.6) is 0 Å². The second-order valence-corrected chi connectivity index (χ2v) is 6.54. The van der Waals surface area contributed by atoms with E-state index < -0.39 is 0 Å². The summed E-state index contributed by atoms with van der Waals surface area (Å²) >= 11 is 3.53. The Labute approximate surface area is 123 Å². The van der Waals surface area contributed by atoms with Gasteiger partial charge in [0, 0.05) is 19.9 Å². The fourth-order valence-corrected chi connectivity index (χ4v) is 3.50. The van der Waals surface area contributed by atoms with E-state index in [9.17, 15) is 4.79 Å². The van der Waals surface area contributed by atoms with E-state index in [1.165, 1.54) is 38.5 Å². The molecule has 0 aromatic carbocycles. The fourth-order valence-electron chi connectivity index (χ4n) is 3.02. The molecule has 0 N–H and O–H groups in total. The lowest BCUT2D eigenvalue weighted by Gasteiger charge is -2.12. The van der Waals surface area contributed by atoms with Gasteiger partial charge in [0.1, 0.15) is 5.78 Å². The van der Waals surface area contributed by atoms with Crippen molar-refractivity contribution in [2.75, 3.05) is 0 Å². The Balaban J connectivity index is 1.93. The predicted octanol–water partition coefficient (Wildman–Crippen LogP) is 3.96. The standard InChI is InChI=1S/C15H23BrN2O/c1-11-15(16)14(18(2)17-11)10-13(19)9-12-7-5-3-4-6-8-12/h12H,3-10H2,1-2H3. The van der Waals surface area contributed by atoms with Gasteiger partial charge in [-0.15, -0.1) is 0 Å². The highest BCUT2D eigenvalue weighted by Gasteiger charge is 2.19. The van der Waals surface area contributed by atoms with Gasteiger partial charge in [-0.3, -0.25) is 9.48 Å². The third kappa shape index (κ3) is 3.91. The molecule has 0 bridgehead atoms. The van der Waals surface area contributed by atoms with Gasteiger partial charge in [0.15, 0.2) is 0 Å². The first-order valence-electron chi connectivity index (χ1n) is 7.27. The smallest absolute Gasteiger partial charge is 0.139 e. The molecular weight excluding hydrogens is 304 g/mol. The summed E-state index contributed by atoms with van der Waals surface area (Å²) in [6.45, 7) is 1.96. The van der Waals surface area contributed by atoms with Crippen molar-refractivity contribution in [3.05, 3.63) is 15.9 Å². The number of halogens is 1. The zero-order valence-corrected chi connectivity index (χ0v) is 13.5. The van der Waals surface area contributed by atoms with Crippen molar-refractivity contribution in [1.82, 2.24) is 9.78 Å². The Morgan fingerprint density at radius 3 is 2.47 bits per heavy atom. The summed E-state index contributed by atoms with van der Waals surface area (Å²) < 4.78 is 2.81. The number of carbonyl (C=O) groups is 1. The normalized spacial score (nSPS) is 17.4. The van der Waals surface area contributed by atoms with Crippen LogP contribution in [0.15, 0.2) is 4.47 Å². The zero-order valence-electron chi connectivity index (χ0n) is 11.9. The number of aryl methyl sites for hydroxylation is 2. The number of Topliss-reactive ketones (excluding diaryl/α,β-unsaturated/α-hetero) is 1. The molecule has 0 atom stereocenters. The van der Waals surface area contributed by atoms with Crippen molar-refractivity contribution in [1.29, 1.82) is 0 Å². The van der Waals surface area contributed by atoms with Crippen molar-refractivity contribution in [3.63, 3.8) is 0 Å². The van der Waals surface area contributed by atoms with Crippen LogP contribution in [0.1, 0.15) is 56.3 Å². The Morgan fingerprint density at radius 2 is 1.95 bits per heavy atom. The van der Waals surface area contributed by atoms with Gasteiger partial charge in [-0.05, 0) is 28.8 Å². The molecule has 1 heterocycles. The van der Waals surface area contributed by atoms with Crippen LogP contribution < -0.4 is 0 Å². The summed E-state index contributed by atoms with van der Waals surface area (Å²) in [6, 6.07) is 0. The van der Waals surface area contributed by atoms with Crippen LogP contribution in [0, 0.1) is 12.8 Å². The Bertz CT molecular complexity index is 445. The van der Waals surface area contributed by atoms with E-state index in [-0.39, 0.29) is 0 Å². The molecule has 0 amide bonds. The molecule has 1 saturated carbocycles. The quantitative estimate of drug-likeness (QED) is 0.785. The summed E-state index contributed by atoms with van der Waals surface area (Å²) in [7, 11) is 1.91. The molecule has 0 spiro atoms. The van der Waals surface area contributed by atoms with Crippen LogP contribution in [0.25, 0.3) is 0 Å². The molecule has 0 saturated heterocycles. The molecule has 19 heavy (non-hydrogen) atoms. The Hall–Kier alpha value is -0.640. The van der Waals surface area contributed by atoms with Gasteiger partial charge in [0.25, 0.3) is 0 Å². The van der Waals surface area contributed by atoms with Crippen LogP contribution in [0.4, 0.5) is 0 Å². The number of aromatic nitrogens is 2. The van der Waals surface area contributed by atoms with E-state index in [1.807, 2.05) is 18.7 Å². The largest absolute Gasteiger partial charge is 0.299 e. The molecule has 1 fully saturated rings. The van der Waals surface area contributed by atoms with Gasteiger partial charge in [-0.2, -0.15) is 5.10 Å². The van der Waals surface area contributed by atoms with Crippen molar-refractivity contribution in [2.45, 2.75) is 58.3 Å². The van der Waals surface area contributed by atoms with Crippen LogP contribution >= 0.6 is 15.9 Å². The van der Waals surface area contributed by atoms with Crippen molar-refractivity contribution in [2.24, 2.45) is 13.0 Å². The maximum Gasteiger partial charge on any atom is 0.139 e. The summed E-state index contributed by atoms with van der Waals surface area (Å²) in [5.41, 5.74) is 1.97. The minimum absolute atomic E-state index is 0.357. The molecule has 4 heteroatoms. The lowest BCUT2D eigenvalue weighted by Crippen LogP contribution is -2.13. The van der Waals surface area contributed by atoms with E-state index in [1.54, 1.807) is 0 Å². The zero-order chi connectivity index (χ0) is 13.8. The third-order valence-corrected chi connectivity index (χ3v) is 5.15. The van der Waals surface area contributed by atoms with Gasteiger partial charge in [-0.1, -0.05) is 38.5 Å². The van der Waals surface area contributed by atoms with Crippen molar-refractivity contribution < 1.29 is 4.79 Å². The van der Waals surface area contributed by atoms with Gasteiger partial charge >= 0.3 is 0 Å². The fraction of sp³-hybridized carbons (Fsp3) is 0.733. The molecule has 1 aromatic heterocycles. The molecule has 1 aliphatic carbocycles. The minimum Gasteiger partial charge on any atom is -0.299 e. The minimum atomic E-state index is 0.357. The first-order valence-corrected chi connectivity index (χ1v) is 8.07. The topological polar surface area (TPSA) is 34.9 Å². The number of hydrogen-bond donors (Lipinski definition) is 0. The lowest BCUT2D eigenvalue weighted by atomic mass is 9.93. The number of rotatable bonds is 4. The second-order valence-electron chi connectivity index (χ2n) is 5.75. The van der Waals surface area contributed by atoms with E-state index in [0.717, 1.165) is 22.3 Å². The summed E-state index contributed by atoms with van der Waals surface area (Å²) in [5, 5.41) is 4.34. The van der Waals surface area contributed by atoms with E-state index in [2.05, 4.69) is 21.0 Å². The van der Waals surface area contributed by atoms with Gasteiger partial charge in [0.2, 0.25) is 0 Å². The average molecular weight is 327 g/mol. The highest BCUT2D eigenvalue weighted by molar-refractivity contribution is 9.10. The Kier molecular flexibility index (Phi) is 5.20. The second kappa shape index (κ2) is 6.69. The van der Waals surface area contributed by atoms with Gasteiger partial charge in [0.05, 0.1) is 15.9 Å². The summed E-state index contributed by atoms with van der Waals surface area (Å²) in [6.07, 6.45) is 9.01. The predicted molar refractivity (Wildman–Crippen MR) is 80.2 cm³/mol. The number of nitrogens with zero attached hydrogens (tertiary/aromatic N) is 2. The molecule has 106 valence electrons. The highest BCUT2D eigenvalue weighted by Crippen LogP contribution is 2.27. The van der Waals surface area contributed by atoms with Crippen molar-refractivity contribution >= 4 is 21.7 Å². The van der Waals surface area contributed by atoms with Crippen LogP contribution in [0.3, 0.4) is 0 Å². The number of carbonyl (C=O) groups excluding carboxylic acids is 1. The summed E-state index contributed by atoms with van der Waals surface area (Å²) in [4.78, 5) is 12.2. The number of hydrogen-bond acceptors (Lipinski definition) is 2. The van der Waals surface area contributed by atoms with Crippen LogP contribution in [-0.4, -0.2) is 15.6 Å². The van der Waals surface area contributed by atoms with E-state index in [4.69, 9.17) is 0 Å². The monoisotopic (exact) mass is 326 g/mol. The molecule has 2 rings (SSSR count). The SMILES string of the molecule is Cc1nn(C)c(CC(=O)CC2CCCCCC2)c1Br. The van der Waals surface area contributed by atoms with Crippen LogP contribution in [0.2, 0.25) is 0 Å². The molecule has 1 aliphatic rings. The van der Waals surface area contributed by atoms with Crippen molar-refractivity contribution in [3.8, 4) is 0 Å². The molecule has 0 aliphatic heterocycles.